The molecule has 0 N–H and O–H groups in total. The fourth-order valence-corrected chi connectivity index (χ4v) is 3.09. The SMILES string of the molecule is Cc1ccc(-c2nc(Cl)c3c(Cl)ccc(C)c3n2)c(Cl)c1. The van der Waals surface area contributed by atoms with Crippen molar-refractivity contribution < 1.29 is 0 Å². The summed E-state index contributed by atoms with van der Waals surface area (Å²) in [4.78, 5) is 8.94. The van der Waals surface area contributed by atoms with Gasteiger partial charge in [0, 0.05) is 5.56 Å². The molecule has 1 heterocycles. The van der Waals surface area contributed by atoms with Crippen LogP contribution < -0.4 is 0 Å². The second-order valence-corrected chi connectivity index (χ2v) is 6.08. The summed E-state index contributed by atoms with van der Waals surface area (Å²) in [7, 11) is 0. The van der Waals surface area contributed by atoms with Crippen LogP contribution in [0.3, 0.4) is 0 Å². The minimum absolute atomic E-state index is 0.334. The summed E-state index contributed by atoms with van der Waals surface area (Å²) in [6.45, 7) is 3.94. The van der Waals surface area contributed by atoms with E-state index >= 15 is 0 Å². The number of aromatic nitrogens is 2. The minimum Gasteiger partial charge on any atom is -0.228 e. The second kappa shape index (κ2) is 5.45. The third kappa shape index (κ3) is 2.59. The number of halogens is 3. The van der Waals surface area contributed by atoms with Crippen LogP contribution in [0.25, 0.3) is 22.3 Å². The maximum absolute atomic E-state index is 6.29. The van der Waals surface area contributed by atoms with E-state index in [1.807, 2.05) is 38.1 Å². The van der Waals surface area contributed by atoms with Crippen LogP contribution in [0.5, 0.6) is 0 Å². The molecular formula is C16H11Cl3N2. The molecule has 106 valence electrons. The van der Waals surface area contributed by atoms with Crippen LogP contribution in [-0.2, 0) is 0 Å². The maximum atomic E-state index is 6.29. The number of hydrogen-bond donors (Lipinski definition) is 0. The molecule has 1 aromatic heterocycles. The van der Waals surface area contributed by atoms with E-state index in [9.17, 15) is 0 Å². The molecule has 2 nitrogen and oxygen atoms in total. The molecule has 2 aromatic carbocycles. The predicted octanol–water partition coefficient (Wildman–Crippen LogP) is 5.87. The summed E-state index contributed by atoms with van der Waals surface area (Å²) in [5, 5.41) is 2.15. The highest BCUT2D eigenvalue weighted by atomic mass is 35.5. The summed E-state index contributed by atoms with van der Waals surface area (Å²) in [6.07, 6.45) is 0. The van der Waals surface area contributed by atoms with Crippen molar-refractivity contribution in [1.29, 1.82) is 0 Å². The second-order valence-electron chi connectivity index (χ2n) is 4.91. The lowest BCUT2D eigenvalue weighted by Gasteiger charge is -2.09. The molecule has 0 unspecified atom stereocenters. The first-order valence-corrected chi connectivity index (χ1v) is 7.49. The Balaban J connectivity index is 2.33. The zero-order valence-corrected chi connectivity index (χ0v) is 13.7. The highest BCUT2D eigenvalue weighted by Crippen LogP contribution is 2.34. The van der Waals surface area contributed by atoms with E-state index in [2.05, 4.69) is 9.97 Å². The molecule has 0 fully saturated rings. The Labute approximate surface area is 137 Å². The smallest absolute Gasteiger partial charge is 0.163 e. The Hall–Kier alpha value is -1.35. The van der Waals surface area contributed by atoms with Crippen molar-refractivity contribution in [3.8, 4) is 11.4 Å². The molecule has 0 aliphatic rings. The molecule has 0 saturated carbocycles. The Morgan fingerprint density at radius 2 is 1.62 bits per heavy atom. The van der Waals surface area contributed by atoms with Crippen LogP contribution in [0.2, 0.25) is 15.2 Å². The number of nitrogens with zero attached hydrogens (tertiary/aromatic N) is 2. The standard InChI is InChI=1S/C16H11Cl3N2/c1-8-3-5-10(12(18)7-8)16-20-14-9(2)4-6-11(17)13(14)15(19)21-16/h3-7H,1-2H3. The van der Waals surface area contributed by atoms with Crippen molar-refractivity contribution in [3.63, 3.8) is 0 Å². The van der Waals surface area contributed by atoms with E-state index in [0.717, 1.165) is 22.2 Å². The summed E-state index contributed by atoms with van der Waals surface area (Å²) < 4.78 is 0. The molecule has 3 rings (SSSR count). The van der Waals surface area contributed by atoms with E-state index in [4.69, 9.17) is 34.8 Å². The average Bonchev–Trinajstić information content (AvgIpc) is 2.42. The largest absolute Gasteiger partial charge is 0.228 e. The minimum atomic E-state index is 0.334. The topological polar surface area (TPSA) is 25.8 Å². The molecular weight excluding hydrogens is 327 g/mol. The van der Waals surface area contributed by atoms with Gasteiger partial charge in [0.15, 0.2) is 5.82 Å². The zero-order chi connectivity index (χ0) is 15.1. The molecule has 0 aliphatic heterocycles. The fraction of sp³-hybridized carbons (Fsp3) is 0.125. The van der Waals surface area contributed by atoms with Gasteiger partial charge in [0.05, 0.1) is 20.9 Å². The molecule has 21 heavy (non-hydrogen) atoms. The van der Waals surface area contributed by atoms with Gasteiger partial charge in [-0.1, -0.05) is 46.9 Å². The highest BCUT2D eigenvalue weighted by molar-refractivity contribution is 6.41. The molecule has 5 heteroatoms. The van der Waals surface area contributed by atoms with Crippen molar-refractivity contribution in [2.45, 2.75) is 13.8 Å². The Morgan fingerprint density at radius 3 is 2.33 bits per heavy atom. The Morgan fingerprint density at radius 1 is 0.857 bits per heavy atom. The summed E-state index contributed by atoms with van der Waals surface area (Å²) in [5.74, 6) is 0.503. The quantitative estimate of drug-likeness (QED) is 0.519. The van der Waals surface area contributed by atoms with Gasteiger partial charge in [-0.2, -0.15) is 0 Å². The maximum Gasteiger partial charge on any atom is 0.163 e. The van der Waals surface area contributed by atoms with Crippen LogP contribution in [0.4, 0.5) is 0 Å². The molecule has 3 aromatic rings. The van der Waals surface area contributed by atoms with Gasteiger partial charge in [-0.25, -0.2) is 9.97 Å². The van der Waals surface area contributed by atoms with Gasteiger partial charge in [-0.3, -0.25) is 0 Å². The molecule has 0 spiro atoms. The van der Waals surface area contributed by atoms with E-state index in [1.165, 1.54) is 0 Å². The van der Waals surface area contributed by atoms with Gasteiger partial charge in [-0.05, 0) is 43.2 Å². The molecule has 0 saturated heterocycles. The number of hydrogen-bond acceptors (Lipinski definition) is 2. The van der Waals surface area contributed by atoms with Crippen molar-refractivity contribution >= 4 is 45.7 Å². The lowest BCUT2D eigenvalue weighted by molar-refractivity contribution is 1.21. The lowest BCUT2D eigenvalue weighted by atomic mass is 10.1. The predicted molar refractivity (Wildman–Crippen MR) is 89.5 cm³/mol. The molecule has 0 aliphatic carbocycles. The Kier molecular flexibility index (Phi) is 3.78. The van der Waals surface area contributed by atoms with Crippen LogP contribution >= 0.6 is 34.8 Å². The highest BCUT2D eigenvalue weighted by Gasteiger charge is 2.14. The number of benzene rings is 2. The van der Waals surface area contributed by atoms with Gasteiger partial charge in [0.25, 0.3) is 0 Å². The summed E-state index contributed by atoms with van der Waals surface area (Å²) in [5.41, 5.74) is 3.57. The zero-order valence-electron chi connectivity index (χ0n) is 11.4. The average molecular weight is 338 g/mol. The van der Waals surface area contributed by atoms with Crippen LogP contribution in [0.15, 0.2) is 30.3 Å². The Bertz CT molecular complexity index is 860. The van der Waals surface area contributed by atoms with Crippen molar-refractivity contribution in [2.75, 3.05) is 0 Å². The lowest BCUT2D eigenvalue weighted by Crippen LogP contribution is -1.95. The third-order valence-electron chi connectivity index (χ3n) is 3.32. The molecule has 0 amide bonds. The molecule has 0 radical (unpaired) electrons. The summed E-state index contributed by atoms with van der Waals surface area (Å²) in [6, 6.07) is 9.45. The monoisotopic (exact) mass is 336 g/mol. The van der Waals surface area contributed by atoms with Gasteiger partial charge in [-0.15, -0.1) is 0 Å². The van der Waals surface area contributed by atoms with Crippen molar-refractivity contribution in [1.82, 2.24) is 9.97 Å². The molecule has 0 atom stereocenters. The number of aryl methyl sites for hydroxylation is 2. The van der Waals surface area contributed by atoms with Crippen molar-refractivity contribution in [3.05, 3.63) is 56.7 Å². The number of rotatable bonds is 1. The van der Waals surface area contributed by atoms with Crippen LogP contribution in [0, 0.1) is 13.8 Å². The first-order valence-electron chi connectivity index (χ1n) is 6.36. The van der Waals surface area contributed by atoms with Crippen molar-refractivity contribution in [2.24, 2.45) is 0 Å². The van der Waals surface area contributed by atoms with E-state index in [-0.39, 0.29) is 0 Å². The summed E-state index contributed by atoms with van der Waals surface area (Å²) >= 11 is 18.8. The van der Waals surface area contributed by atoms with E-state index in [1.54, 1.807) is 6.07 Å². The van der Waals surface area contributed by atoms with Crippen LogP contribution in [-0.4, -0.2) is 9.97 Å². The first-order chi connectivity index (χ1) is 9.97. The fourth-order valence-electron chi connectivity index (χ4n) is 2.21. The van der Waals surface area contributed by atoms with Gasteiger partial charge >= 0.3 is 0 Å². The van der Waals surface area contributed by atoms with Gasteiger partial charge in [0.1, 0.15) is 5.15 Å². The van der Waals surface area contributed by atoms with Gasteiger partial charge in [0.2, 0.25) is 0 Å². The number of fused-ring (bicyclic) bond motifs is 1. The van der Waals surface area contributed by atoms with E-state index < -0.39 is 0 Å². The van der Waals surface area contributed by atoms with Crippen LogP contribution in [0.1, 0.15) is 11.1 Å². The normalized spacial score (nSPS) is 11.1. The first kappa shape index (κ1) is 14.6. The third-order valence-corrected chi connectivity index (χ3v) is 4.22. The van der Waals surface area contributed by atoms with Gasteiger partial charge < -0.3 is 0 Å². The molecule has 0 bridgehead atoms. The van der Waals surface area contributed by atoms with E-state index in [0.29, 0.717) is 26.4 Å².